The van der Waals surface area contributed by atoms with Gasteiger partial charge in [0, 0.05) is 17.6 Å². The third-order valence-electron chi connectivity index (χ3n) is 3.19. The molecule has 4 heteroatoms. The topological polar surface area (TPSA) is 21.3 Å². The normalized spacial score (nSPS) is 11.5. The van der Waals surface area contributed by atoms with E-state index in [2.05, 4.69) is 26.1 Å². The van der Waals surface area contributed by atoms with E-state index in [0.29, 0.717) is 16.3 Å². The molecule has 0 heterocycles. The standard InChI is InChI=1S/C18H21ClFNO/c1-18(2,3)21-11-13-7-9-14(10-8-13)22-12-15-16(19)5-4-6-17(15)20/h4-10,21H,11-12H2,1-3H3. The number of benzene rings is 2. The summed E-state index contributed by atoms with van der Waals surface area (Å²) in [7, 11) is 0. The first kappa shape index (κ1) is 16.8. The lowest BCUT2D eigenvalue weighted by atomic mass is 10.1. The molecule has 0 radical (unpaired) electrons. The largest absolute Gasteiger partial charge is 0.489 e. The molecule has 0 bridgehead atoms. The van der Waals surface area contributed by atoms with Crippen molar-refractivity contribution in [3.8, 4) is 5.75 Å². The average molecular weight is 322 g/mol. The lowest BCUT2D eigenvalue weighted by Gasteiger charge is -2.20. The molecule has 22 heavy (non-hydrogen) atoms. The number of rotatable bonds is 5. The van der Waals surface area contributed by atoms with Crippen molar-refractivity contribution >= 4 is 11.6 Å². The Morgan fingerprint density at radius 2 is 1.77 bits per heavy atom. The van der Waals surface area contributed by atoms with Crippen LogP contribution in [0.5, 0.6) is 5.75 Å². The monoisotopic (exact) mass is 321 g/mol. The molecule has 2 nitrogen and oxygen atoms in total. The van der Waals surface area contributed by atoms with Crippen LogP contribution in [-0.2, 0) is 13.2 Å². The van der Waals surface area contributed by atoms with Crippen LogP contribution in [0.15, 0.2) is 42.5 Å². The Morgan fingerprint density at radius 3 is 2.36 bits per heavy atom. The van der Waals surface area contributed by atoms with Crippen LogP contribution in [0.4, 0.5) is 4.39 Å². The molecule has 0 amide bonds. The molecular weight excluding hydrogens is 301 g/mol. The number of nitrogens with one attached hydrogen (secondary N) is 1. The highest BCUT2D eigenvalue weighted by molar-refractivity contribution is 6.31. The van der Waals surface area contributed by atoms with Gasteiger partial charge >= 0.3 is 0 Å². The maximum Gasteiger partial charge on any atom is 0.131 e. The molecule has 0 aliphatic heterocycles. The Labute approximate surface area is 136 Å². The summed E-state index contributed by atoms with van der Waals surface area (Å²) in [6.45, 7) is 7.29. The zero-order valence-corrected chi connectivity index (χ0v) is 13.9. The van der Waals surface area contributed by atoms with E-state index in [1.165, 1.54) is 11.6 Å². The van der Waals surface area contributed by atoms with Gasteiger partial charge < -0.3 is 10.1 Å². The highest BCUT2D eigenvalue weighted by Gasteiger charge is 2.09. The SMILES string of the molecule is CC(C)(C)NCc1ccc(OCc2c(F)cccc2Cl)cc1. The van der Waals surface area contributed by atoms with Crippen LogP contribution in [0, 0.1) is 5.82 Å². The van der Waals surface area contributed by atoms with E-state index in [1.807, 2.05) is 24.3 Å². The zero-order chi connectivity index (χ0) is 16.2. The van der Waals surface area contributed by atoms with E-state index in [-0.39, 0.29) is 18.0 Å². The number of hydrogen-bond acceptors (Lipinski definition) is 2. The van der Waals surface area contributed by atoms with Crippen LogP contribution in [0.3, 0.4) is 0 Å². The van der Waals surface area contributed by atoms with Gasteiger partial charge in [0.25, 0.3) is 0 Å². The van der Waals surface area contributed by atoms with Crippen molar-refractivity contribution in [2.24, 2.45) is 0 Å². The van der Waals surface area contributed by atoms with Gasteiger partial charge in [0.15, 0.2) is 0 Å². The average Bonchev–Trinajstić information content (AvgIpc) is 2.45. The number of hydrogen-bond donors (Lipinski definition) is 1. The maximum atomic E-state index is 13.7. The summed E-state index contributed by atoms with van der Waals surface area (Å²) in [5.41, 5.74) is 1.63. The van der Waals surface area contributed by atoms with Crippen molar-refractivity contribution in [2.45, 2.75) is 39.5 Å². The summed E-state index contributed by atoms with van der Waals surface area (Å²) in [5.74, 6) is 0.345. The minimum absolute atomic E-state index is 0.0801. The third-order valence-corrected chi connectivity index (χ3v) is 3.55. The van der Waals surface area contributed by atoms with Gasteiger partial charge in [-0.3, -0.25) is 0 Å². The van der Waals surface area contributed by atoms with Crippen molar-refractivity contribution in [3.63, 3.8) is 0 Å². The van der Waals surface area contributed by atoms with E-state index in [4.69, 9.17) is 16.3 Å². The molecule has 1 N–H and O–H groups in total. The lowest BCUT2D eigenvalue weighted by molar-refractivity contribution is 0.300. The fraction of sp³-hybridized carbons (Fsp3) is 0.333. The summed E-state index contributed by atoms with van der Waals surface area (Å²) in [5, 5.41) is 3.80. The van der Waals surface area contributed by atoms with E-state index >= 15 is 0 Å². The highest BCUT2D eigenvalue weighted by atomic mass is 35.5. The molecule has 2 aromatic carbocycles. The second-order valence-electron chi connectivity index (χ2n) is 6.24. The quantitative estimate of drug-likeness (QED) is 0.841. The first-order valence-electron chi connectivity index (χ1n) is 7.25. The number of ether oxygens (including phenoxy) is 1. The van der Waals surface area contributed by atoms with Crippen molar-refractivity contribution in [3.05, 3.63) is 64.4 Å². The predicted octanol–water partition coefficient (Wildman–Crippen LogP) is 4.95. The smallest absolute Gasteiger partial charge is 0.131 e. The van der Waals surface area contributed by atoms with Crippen LogP contribution in [-0.4, -0.2) is 5.54 Å². The Kier molecular flexibility index (Phi) is 5.43. The van der Waals surface area contributed by atoms with Crippen molar-refractivity contribution < 1.29 is 9.13 Å². The molecule has 118 valence electrons. The minimum atomic E-state index is -0.349. The van der Waals surface area contributed by atoms with Gasteiger partial charge in [-0.2, -0.15) is 0 Å². The third kappa shape index (κ3) is 5.00. The summed E-state index contributed by atoms with van der Waals surface area (Å²) in [6, 6.07) is 12.4. The van der Waals surface area contributed by atoms with Gasteiger partial charge in [-0.05, 0) is 50.6 Å². The molecule has 2 aromatic rings. The summed E-state index contributed by atoms with van der Waals surface area (Å²) < 4.78 is 19.3. The van der Waals surface area contributed by atoms with Crippen LogP contribution < -0.4 is 10.1 Å². The zero-order valence-electron chi connectivity index (χ0n) is 13.1. The molecule has 0 atom stereocenters. The fourth-order valence-corrected chi connectivity index (χ4v) is 2.11. The van der Waals surface area contributed by atoms with Crippen LogP contribution in [0.25, 0.3) is 0 Å². The highest BCUT2D eigenvalue weighted by Crippen LogP contribution is 2.21. The van der Waals surface area contributed by atoms with Gasteiger partial charge in [-0.15, -0.1) is 0 Å². The number of halogens is 2. The van der Waals surface area contributed by atoms with Crippen molar-refractivity contribution in [1.29, 1.82) is 0 Å². The second-order valence-corrected chi connectivity index (χ2v) is 6.64. The van der Waals surface area contributed by atoms with E-state index in [9.17, 15) is 4.39 Å². The molecule has 0 aliphatic carbocycles. The molecule has 2 rings (SSSR count). The summed E-state index contributed by atoms with van der Waals surface area (Å²) in [4.78, 5) is 0. The van der Waals surface area contributed by atoms with Crippen LogP contribution in [0.1, 0.15) is 31.9 Å². The van der Waals surface area contributed by atoms with E-state index < -0.39 is 0 Å². The van der Waals surface area contributed by atoms with Crippen molar-refractivity contribution in [2.75, 3.05) is 0 Å². The Balaban J connectivity index is 1.94. The molecule has 0 saturated carbocycles. The molecule has 0 saturated heterocycles. The van der Waals surface area contributed by atoms with Gasteiger partial charge in [0.2, 0.25) is 0 Å². The molecule has 0 spiro atoms. The second kappa shape index (κ2) is 7.12. The van der Waals surface area contributed by atoms with E-state index in [0.717, 1.165) is 6.54 Å². The lowest BCUT2D eigenvalue weighted by Crippen LogP contribution is -2.34. The Hall–Kier alpha value is -1.58. The molecular formula is C18H21ClFNO. The van der Waals surface area contributed by atoms with Crippen LogP contribution in [0.2, 0.25) is 5.02 Å². The maximum absolute atomic E-state index is 13.7. The molecule has 0 fully saturated rings. The van der Waals surface area contributed by atoms with Gasteiger partial charge in [0.05, 0.1) is 5.02 Å². The van der Waals surface area contributed by atoms with Gasteiger partial charge in [-0.1, -0.05) is 29.8 Å². The molecule has 0 aliphatic rings. The first-order chi connectivity index (χ1) is 10.3. The van der Waals surface area contributed by atoms with Gasteiger partial charge in [0.1, 0.15) is 18.2 Å². The first-order valence-corrected chi connectivity index (χ1v) is 7.62. The van der Waals surface area contributed by atoms with E-state index in [1.54, 1.807) is 12.1 Å². The predicted molar refractivity (Wildman–Crippen MR) is 88.8 cm³/mol. The molecule has 0 aromatic heterocycles. The minimum Gasteiger partial charge on any atom is -0.489 e. The fourth-order valence-electron chi connectivity index (χ4n) is 1.90. The molecule has 0 unspecified atom stereocenters. The Morgan fingerprint density at radius 1 is 1.09 bits per heavy atom. The summed E-state index contributed by atoms with van der Waals surface area (Å²) in [6.07, 6.45) is 0. The summed E-state index contributed by atoms with van der Waals surface area (Å²) >= 11 is 5.98. The van der Waals surface area contributed by atoms with Crippen LogP contribution >= 0.6 is 11.6 Å². The Bertz CT molecular complexity index is 600. The van der Waals surface area contributed by atoms with Crippen molar-refractivity contribution in [1.82, 2.24) is 5.32 Å². The van der Waals surface area contributed by atoms with Gasteiger partial charge in [-0.25, -0.2) is 4.39 Å².